The summed E-state index contributed by atoms with van der Waals surface area (Å²) in [7, 11) is 0. The Balaban J connectivity index is 2.20. The molecular weight excluding hydrogens is 293 g/mol. The van der Waals surface area contributed by atoms with Gasteiger partial charge in [0.25, 0.3) is 5.91 Å². The molecule has 0 spiro atoms. The van der Waals surface area contributed by atoms with Gasteiger partial charge in [0.15, 0.2) is 16.5 Å². The summed E-state index contributed by atoms with van der Waals surface area (Å²) < 4.78 is 37.1. The van der Waals surface area contributed by atoms with E-state index < -0.39 is 17.8 Å². The number of carbonyl (C=O) groups excluding carboxylic acids is 1. The molecular formula is C11H9F3N4OS. The van der Waals surface area contributed by atoms with Crippen molar-refractivity contribution in [3.8, 4) is 0 Å². The molecule has 0 aliphatic heterocycles. The van der Waals surface area contributed by atoms with Crippen molar-refractivity contribution in [2.24, 2.45) is 0 Å². The number of pyridine rings is 1. The zero-order valence-corrected chi connectivity index (χ0v) is 11.0. The Morgan fingerprint density at radius 3 is 2.65 bits per heavy atom. The molecule has 0 fully saturated rings. The third-order valence-corrected chi connectivity index (χ3v) is 3.05. The summed E-state index contributed by atoms with van der Waals surface area (Å²) in [6.07, 6.45) is -4.54. The van der Waals surface area contributed by atoms with Gasteiger partial charge in [0.1, 0.15) is 0 Å². The minimum absolute atomic E-state index is 0.0474. The molecule has 2 aromatic heterocycles. The Morgan fingerprint density at radius 1 is 1.35 bits per heavy atom. The number of nitrogens with zero attached hydrogens (tertiary/aromatic N) is 2. The standard InChI is InChI=1S/C11H9F3N4OS/c1-5-2-3-6(15)8(16-5)9(19)18-10-17-7(4-20-10)11(12,13)14/h2-4H,15H2,1H3,(H,17,18,19). The van der Waals surface area contributed by atoms with Crippen molar-refractivity contribution >= 4 is 28.1 Å². The number of rotatable bonds is 2. The van der Waals surface area contributed by atoms with Gasteiger partial charge in [0.05, 0.1) is 5.69 Å². The van der Waals surface area contributed by atoms with Crippen molar-refractivity contribution < 1.29 is 18.0 Å². The van der Waals surface area contributed by atoms with Gasteiger partial charge in [-0.25, -0.2) is 9.97 Å². The highest BCUT2D eigenvalue weighted by molar-refractivity contribution is 7.14. The normalized spacial score (nSPS) is 11.4. The molecule has 0 bridgehead atoms. The van der Waals surface area contributed by atoms with Crippen LogP contribution in [0.15, 0.2) is 17.5 Å². The molecule has 0 aliphatic rings. The minimum Gasteiger partial charge on any atom is -0.397 e. The largest absolute Gasteiger partial charge is 0.434 e. The second kappa shape index (κ2) is 5.08. The van der Waals surface area contributed by atoms with E-state index in [9.17, 15) is 18.0 Å². The van der Waals surface area contributed by atoms with Crippen LogP contribution in [-0.2, 0) is 6.18 Å². The summed E-state index contributed by atoms with van der Waals surface area (Å²) in [5.41, 5.74) is 5.21. The molecule has 9 heteroatoms. The van der Waals surface area contributed by atoms with Crippen molar-refractivity contribution in [1.82, 2.24) is 9.97 Å². The molecule has 0 unspecified atom stereocenters. The van der Waals surface area contributed by atoms with E-state index in [1.165, 1.54) is 6.07 Å². The van der Waals surface area contributed by atoms with Crippen LogP contribution in [0.25, 0.3) is 0 Å². The molecule has 0 radical (unpaired) electrons. The quantitative estimate of drug-likeness (QED) is 0.893. The second-order valence-corrected chi connectivity index (χ2v) is 4.74. The molecule has 20 heavy (non-hydrogen) atoms. The number of aryl methyl sites for hydroxylation is 1. The Morgan fingerprint density at radius 2 is 2.05 bits per heavy atom. The number of hydrogen-bond acceptors (Lipinski definition) is 5. The number of alkyl halides is 3. The van der Waals surface area contributed by atoms with Crippen LogP contribution in [0.5, 0.6) is 0 Å². The molecule has 2 aromatic rings. The van der Waals surface area contributed by atoms with Gasteiger partial charge in [-0.1, -0.05) is 0 Å². The highest BCUT2D eigenvalue weighted by Crippen LogP contribution is 2.31. The maximum absolute atomic E-state index is 12.4. The molecule has 3 N–H and O–H groups in total. The van der Waals surface area contributed by atoms with Crippen LogP contribution in [0.4, 0.5) is 24.0 Å². The smallest absolute Gasteiger partial charge is 0.397 e. The average Bonchev–Trinajstić information content (AvgIpc) is 2.80. The molecule has 0 aromatic carbocycles. The van der Waals surface area contributed by atoms with E-state index in [-0.39, 0.29) is 16.5 Å². The lowest BCUT2D eigenvalue weighted by molar-refractivity contribution is -0.140. The van der Waals surface area contributed by atoms with Crippen molar-refractivity contribution in [3.05, 3.63) is 34.6 Å². The van der Waals surface area contributed by atoms with Crippen molar-refractivity contribution in [2.75, 3.05) is 11.1 Å². The number of nitrogens with two attached hydrogens (primary N) is 1. The van der Waals surface area contributed by atoms with E-state index >= 15 is 0 Å². The molecule has 0 atom stereocenters. The lowest BCUT2D eigenvalue weighted by Gasteiger charge is -2.05. The molecule has 2 heterocycles. The average molecular weight is 302 g/mol. The van der Waals surface area contributed by atoms with Gasteiger partial charge in [-0.05, 0) is 19.1 Å². The fourth-order valence-electron chi connectivity index (χ4n) is 1.37. The Labute approximate surface area is 115 Å². The third-order valence-electron chi connectivity index (χ3n) is 2.30. The Hall–Kier alpha value is -2.16. The molecule has 0 saturated carbocycles. The minimum atomic E-state index is -4.54. The summed E-state index contributed by atoms with van der Waals surface area (Å²) >= 11 is 0.678. The predicted molar refractivity (Wildman–Crippen MR) is 68.5 cm³/mol. The van der Waals surface area contributed by atoms with E-state index in [1.54, 1.807) is 13.0 Å². The van der Waals surface area contributed by atoms with Crippen LogP contribution in [0.1, 0.15) is 21.9 Å². The monoisotopic (exact) mass is 302 g/mol. The van der Waals surface area contributed by atoms with Gasteiger partial charge < -0.3 is 5.73 Å². The van der Waals surface area contributed by atoms with Crippen LogP contribution in [-0.4, -0.2) is 15.9 Å². The zero-order chi connectivity index (χ0) is 14.9. The van der Waals surface area contributed by atoms with Crippen LogP contribution in [0.3, 0.4) is 0 Å². The van der Waals surface area contributed by atoms with E-state index in [4.69, 9.17) is 5.73 Å². The fourth-order valence-corrected chi connectivity index (χ4v) is 2.08. The van der Waals surface area contributed by atoms with Crippen molar-refractivity contribution in [2.45, 2.75) is 13.1 Å². The summed E-state index contributed by atoms with van der Waals surface area (Å²) in [5, 5.41) is 2.90. The number of nitrogens with one attached hydrogen (secondary N) is 1. The first-order valence-corrected chi connectivity index (χ1v) is 6.22. The van der Waals surface area contributed by atoms with E-state index in [2.05, 4.69) is 15.3 Å². The number of amides is 1. The summed E-state index contributed by atoms with van der Waals surface area (Å²) in [5.74, 6) is -0.700. The number of carbonyl (C=O) groups is 1. The van der Waals surface area contributed by atoms with E-state index in [0.717, 1.165) is 5.38 Å². The highest BCUT2D eigenvalue weighted by Gasteiger charge is 2.34. The molecule has 1 amide bonds. The highest BCUT2D eigenvalue weighted by atomic mass is 32.1. The van der Waals surface area contributed by atoms with Gasteiger partial charge in [-0.15, -0.1) is 11.3 Å². The van der Waals surface area contributed by atoms with Crippen LogP contribution in [0.2, 0.25) is 0 Å². The SMILES string of the molecule is Cc1ccc(N)c(C(=O)Nc2nc(C(F)(F)F)cs2)n1. The first-order chi connectivity index (χ1) is 9.27. The molecule has 0 aliphatic carbocycles. The lowest BCUT2D eigenvalue weighted by Crippen LogP contribution is -2.16. The number of nitrogen functional groups attached to an aromatic ring is 1. The Bertz CT molecular complexity index is 653. The number of hydrogen-bond donors (Lipinski definition) is 2. The maximum atomic E-state index is 12.4. The number of anilines is 2. The molecule has 5 nitrogen and oxygen atoms in total. The number of halogens is 3. The molecule has 2 rings (SSSR count). The summed E-state index contributed by atoms with van der Waals surface area (Å²) in [4.78, 5) is 19.1. The number of aromatic nitrogens is 2. The fraction of sp³-hybridized carbons (Fsp3) is 0.182. The second-order valence-electron chi connectivity index (χ2n) is 3.88. The van der Waals surface area contributed by atoms with Gasteiger partial charge in [0.2, 0.25) is 0 Å². The van der Waals surface area contributed by atoms with Gasteiger partial charge in [0, 0.05) is 11.1 Å². The van der Waals surface area contributed by atoms with Crippen LogP contribution >= 0.6 is 11.3 Å². The predicted octanol–water partition coefficient (Wildman–Crippen LogP) is 2.70. The topological polar surface area (TPSA) is 80.9 Å². The summed E-state index contributed by atoms with van der Waals surface area (Å²) in [6, 6.07) is 3.12. The summed E-state index contributed by atoms with van der Waals surface area (Å²) in [6.45, 7) is 1.67. The zero-order valence-electron chi connectivity index (χ0n) is 10.2. The van der Waals surface area contributed by atoms with Crippen molar-refractivity contribution in [1.29, 1.82) is 0 Å². The Kier molecular flexibility index (Phi) is 3.62. The third kappa shape index (κ3) is 3.05. The van der Waals surface area contributed by atoms with E-state index in [1.807, 2.05) is 0 Å². The maximum Gasteiger partial charge on any atom is 0.434 e. The molecule has 106 valence electrons. The van der Waals surface area contributed by atoms with Gasteiger partial charge >= 0.3 is 6.18 Å². The first-order valence-electron chi connectivity index (χ1n) is 5.34. The van der Waals surface area contributed by atoms with E-state index in [0.29, 0.717) is 17.0 Å². The van der Waals surface area contributed by atoms with Gasteiger partial charge in [-0.2, -0.15) is 13.2 Å². The number of thiazole rings is 1. The van der Waals surface area contributed by atoms with Crippen molar-refractivity contribution in [3.63, 3.8) is 0 Å². The van der Waals surface area contributed by atoms with Gasteiger partial charge in [-0.3, -0.25) is 10.1 Å². The molecule has 0 saturated heterocycles. The lowest BCUT2D eigenvalue weighted by atomic mass is 10.2. The van der Waals surface area contributed by atoms with Crippen LogP contribution < -0.4 is 11.1 Å². The first kappa shape index (κ1) is 14.3. The van der Waals surface area contributed by atoms with Crippen LogP contribution in [0, 0.1) is 6.92 Å².